The first-order valence-corrected chi connectivity index (χ1v) is 7.82. The Balaban J connectivity index is -0.000000333. The van der Waals surface area contributed by atoms with Gasteiger partial charge in [-0.2, -0.15) is 0 Å². The predicted octanol–water partition coefficient (Wildman–Crippen LogP) is 5.38. The summed E-state index contributed by atoms with van der Waals surface area (Å²) in [5, 5.41) is 0. The molecule has 0 amide bonds. The summed E-state index contributed by atoms with van der Waals surface area (Å²) >= 11 is 0. The van der Waals surface area contributed by atoms with E-state index in [2.05, 4.69) is 39.8 Å². The molecule has 0 unspecified atom stereocenters. The summed E-state index contributed by atoms with van der Waals surface area (Å²) in [5.41, 5.74) is 4.97. The van der Waals surface area contributed by atoms with Crippen LogP contribution in [0.5, 0.6) is 0 Å². The monoisotopic (exact) mass is 313 g/mol. The summed E-state index contributed by atoms with van der Waals surface area (Å²) in [5.74, 6) is 0. The maximum atomic E-state index is 10.0. The molecule has 0 spiro atoms. The van der Waals surface area contributed by atoms with Gasteiger partial charge in [0.05, 0.1) is 0 Å². The molecule has 0 aliphatic carbocycles. The standard InChI is InChI=1S/2C10H16O.Be/c2*1-9(2)5-4-6-10(3)7-8-11;/h2*5,7-8H,4,6H2,1-3H3;/q;;+2/b2*10-7-;. The Labute approximate surface area is 146 Å². The van der Waals surface area contributed by atoms with E-state index in [-0.39, 0.29) is 10.1 Å². The molecule has 2 nitrogen and oxygen atoms in total. The van der Waals surface area contributed by atoms with Gasteiger partial charge in [0, 0.05) is 0 Å². The van der Waals surface area contributed by atoms with Crippen molar-refractivity contribution < 1.29 is 9.59 Å². The van der Waals surface area contributed by atoms with Gasteiger partial charge >= 0.3 is 10.1 Å². The molecule has 0 fully saturated rings. The number of hydrogen-bond donors (Lipinski definition) is 0. The third-order valence-electron chi connectivity index (χ3n) is 2.89. The van der Waals surface area contributed by atoms with Crippen molar-refractivity contribution in [1.29, 1.82) is 0 Å². The van der Waals surface area contributed by atoms with Gasteiger partial charge in [0.2, 0.25) is 0 Å². The van der Waals surface area contributed by atoms with Gasteiger partial charge in [-0.25, -0.2) is 0 Å². The van der Waals surface area contributed by atoms with E-state index in [1.165, 1.54) is 11.1 Å². The number of aldehydes is 2. The molecule has 0 bridgehead atoms. The van der Waals surface area contributed by atoms with Crippen molar-refractivity contribution in [2.24, 2.45) is 0 Å². The first-order valence-electron chi connectivity index (χ1n) is 7.82. The zero-order valence-electron chi connectivity index (χ0n) is 15.8. The second-order valence-electron chi connectivity index (χ2n) is 5.94. The number of allylic oxidation sites excluding steroid dienone is 8. The van der Waals surface area contributed by atoms with E-state index >= 15 is 0 Å². The number of hydrogen-bond acceptors (Lipinski definition) is 2. The molecule has 0 atom stereocenters. The molecule has 3 heteroatoms. The maximum Gasteiger partial charge on any atom is 2.00 e. The molecule has 0 rings (SSSR count). The van der Waals surface area contributed by atoms with Crippen LogP contribution in [-0.2, 0) is 9.59 Å². The fourth-order valence-electron chi connectivity index (χ4n) is 1.58. The zero-order chi connectivity index (χ0) is 17.4. The Hall–Kier alpha value is -1.53. The summed E-state index contributed by atoms with van der Waals surface area (Å²) in [4.78, 5) is 20.0. The second kappa shape index (κ2) is 18.5. The van der Waals surface area contributed by atoms with Crippen LogP contribution in [0.4, 0.5) is 0 Å². The molecular weight excluding hydrogens is 281 g/mol. The van der Waals surface area contributed by atoms with E-state index in [1.54, 1.807) is 12.2 Å². The molecule has 0 saturated carbocycles. The summed E-state index contributed by atoms with van der Waals surface area (Å²) in [6.45, 7) is 12.3. The number of carbonyl (C=O) groups excluding carboxylic acids is 2. The molecule has 0 aromatic heterocycles. The number of carbonyl (C=O) groups is 2. The molecule has 124 valence electrons. The first-order chi connectivity index (χ1) is 10.3. The van der Waals surface area contributed by atoms with Crippen molar-refractivity contribution in [2.75, 3.05) is 0 Å². The van der Waals surface area contributed by atoms with Gasteiger partial charge in [0.25, 0.3) is 0 Å². The Morgan fingerprint density at radius 2 is 0.957 bits per heavy atom. The second-order valence-corrected chi connectivity index (χ2v) is 5.94. The maximum absolute atomic E-state index is 10.0. The molecular formula is C20H32BeO2+2. The summed E-state index contributed by atoms with van der Waals surface area (Å²) in [6.07, 6.45) is 13.4. The average Bonchev–Trinajstić information content (AvgIpc) is 2.39. The molecule has 0 aliphatic heterocycles. The quantitative estimate of drug-likeness (QED) is 0.261. The van der Waals surface area contributed by atoms with Crippen LogP contribution in [-0.4, -0.2) is 22.7 Å². The van der Waals surface area contributed by atoms with Gasteiger partial charge in [0.1, 0.15) is 12.6 Å². The molecule has 0 heterocycles. The topological polar surface area (TPSA) is 34.1 Å². The van der Waals surface area contributed by atoms with Crippen LogP contribution in [0.25, 0.3) is 0 Å². The Bertz CT molecular complexity index is 391. The van der Waals surface area contributed by atoms with Crippen molar-refractivity contribution in [2.45, 2.75) is 67.2 Å². The predicted molar refractivity (Wildman–Crippen MR) is 103 cm³/mol. The molecule has 0 aliphatic rings. The zero-order valence-corrected chi connectivity index (χ0v) is 15.8. The number of rotatable bonds is 8. The van der Waals surface area contributed by atoms with Crippen molar-refractivity contribution in [3.8, 4) is 0 Å². The molecule has 0 aromatic rings. The van der Waals surface area contributed by atoms with Crippen LogP contribution in [0, 0.1) is 0 Å². The van der Waals surface area contributed by atoms with E-state index in [4.69, 9.17) is 0 Å². The Kier molecular flexibility index (Phi) is 21.2. The van der Waals surface area contributed by atoms with Crippen LogP contribution < -0.4 is 0 Å². The van der Waals surface area contributed by atoms with Crippen molar-refractivity contribution in [1.82, 2.24) is 0 Å². The summed E-state index contributed by atoms with van der Waals surface area (Å²) in [6, 6.07) is 0. The molecule has 0 aromatic carbocycles. The fraction of sp³-hybridized carbons (Fsp3) is 0.500. The van der Waals surface area contributed by atoms with Crippen LogP contribution in [0.1, 0.15) is 67.2 Å². The van der Waals surface area contributed by atoms with Crippen molar-refractivity contribution in [3.63, 3.8) is 0 Å². The minimum Gasteiger partial charge on any atom is -0.299 e. The van der Waals surface area contributed by atoms with Crippen LogP contribution >= 0.6 is 0 Å². The summed E-state index contributed by atoms with van der Waals surface area (Å²) < 4.78 is 0. The van der Waals surface area contributed by atoms with Gasteiger partial charge in [-0.05, 0) is 79.4 Å². The third kappa shape index (κ3) is 25.7. The third-order valence-corrected chi connectivity index (χ3v) is 2.89. The van der Waals surface area contributed by atoms with Gasteiger partial charge in [-0.3, -0.25) is 9.59 Å². The smallest absolute Gasteiger partial charge is 0.299 e. The Morgan fingerprint density at radius 1 is 0.652 bits per heavy atom. The van der Waals surface area contributed by atoms with Crippen LogP contribution in [0.3, 0.4) is 0 Å². The molecule has 23 heavy (non-hydrogen) atoms. The van der Waals surface area contributed by atoms with Gasteiger partial charge in [-0.1, -0.05) is 34.4 Å². The van der Waals surface area contributed by atoms with E-state index in [0.29, 0.717) is 0 Å². The average molecular weight is 313 g/mol. The van der Waals surface area contributed by atoms with E-state index < -0.39 is 0 Å². The minimum atomic E-state index is 0. The molecule has 0 N–H and O–H groups in total. The van der Waals surface area contributed by atoms with Crippen LogP contribution in [0.2, 0.25) is 0 Å². The van der Waals surface area contributed by atoms with Gasteiger partial charge < -0.3 is 0 Å². The van der Waals surface area contributed by atoms with Crippen molar-refractivity contribution >= 4 is 22.7 Å². The first kappa shape index (κ1) is 26.4. The molecule has 0 saturated heterocycles. The van der Waals surface area contributed by atoms with E-state index in [1.807, 2.05) is 13.8 Å². The molecule has 0 radical (unpaired) electrons. The van der Waals surface area contributed by atoms with E-state index in [9.17, 15) is 9.59 Å². The Morgan fingerprint density at radius 3 is 1.17 bits per heavy atom. The van der Waals surface area contributed by atoms with Gasteiger partial charge in [0.15, 0.2) is 0 Å². The fourth-order valence-corrected chi connectivity index (χ4v) is 1.58. The summed E-state index contributed by atoms with van der Waals surface area (Å²) in [7, 11) is 0. The SMILES string of the molecule is CC(C)=CCC/C(C)=C\C=O.CC(C)=CCC/C(C)=C\C=O.[Be+2]. The van der Waals surface area contributed by atoms with E-state index in [0.717, 1.165) is 49.4 Å². The van der Waals surface area contributed by atoms with Crippen LogP contribution in [0.15, 0.2) is 46.6 Å². The van der Waals surface area contributed by atoms with Gasteiger partial charge in [-0.15, -0.1) is 0 Å². The normalized spacial score (nSPS) is 10.5. The largest absolute Gasteiger partial charge is 2.00 e. The minimum absolute atomic E-state index is 0. The van der Waals surface area contributed by atoms with Crippen molar-refractivity contribution in [3.05, 3.63) is 46.6 Å².